The molecule has 1 N–H and O–H groups in total. The third kappa shape index (κ3) is 3.16. The van der Waals surface area contributed by atoms with Crippen LogP contribution in [-0.2, 0) is 0 Å². The summed E-state index contributed by atoms with van der Waals surface area (Å²) in [5, 5.41) is 2.81. The van der Waals surface area contributed by atoms with Crippen molar-refractivity contribution in [3.05, 3.63) is 29.6 Å². The van der Waals surface area contributed by atoms with Crippen molar-refractivity contribution in [3.63, 3.8) is 0 Å². The number of rotatable bonds is 3. The molecule has 5 heteroatoms. The van der Waals surface area contributed by atoms with Gasteiger partial charge in [0.1, 0.15) is 5.82 Å². The van der Waals surface area contributed by atoms with E-state index in [2.05, 4.69) is 17.3 Å². The Hall–Kier alpha value is -1.23. The molecule has 0 aromatic heterocycles. The molecule has 1 aromatic rings. The normalized spacial score (nSPS) is 18.0. The molecule has 1 aliphatic heterocycles. The van der Waals surface area contributed by atoms with Gasteiger partial charge < -0.3 is 10.2 Å². The van der Waals surface area contributed by atoms with E-state index in [-0.39, 0.29) is 5.69 Å². The van der Waals surface area contributed by atoms with Crippen LogP contribution in [0.3, 0.4) is 0 Å². The SMILES string of the molecule is CN1CCC(CNc2cc(F)cc(F)c2F)CC1. The fourth-order valence-electron chi connectivity index (χ4n) is 2.21. The zero-order valence-electron chi connectivity index (χ0n) is 10.3. The van der Waals surface area contributed by atoms with E-state index < -0.39 is 17.5 Å². The highest BCUT2D eigenvalue weighted by molar-refractivity contribution is 5.45. The van der Waals surface area contributed by atoms with Gasteiger partial charge in [0, 0.05) is 18.7 Å². The molecule has 1 heterocycles. The fourth-order valence-corrected chi connectivity index (χ4v) is 2.21. The highest BCUT2D eigenvalue weighted by Gasteiger charge is 2.17. The van der Waals surface area contributed by atoms with Gasteiger partial charge in [-0.05, 0) is 38.9 Å². The summed E-state index contributed by atoms with van der Waals surface area (Å²) in [6, 6.07) is 1.55. The Labute approximate surface area is 105 Å². The van der Waals surface area contributed by atoms with Crippen LogP contribution in [0.4, 0.5) is 18.9 Å². The fraction of sp³-hybridized carbons (Fsp3) is 0.538. The van der Waals surface area contributed by atoms with Crippen molar-refractivity contribution in [3.8, 4) is 0 Å². The number of piperidine rings is 1. The molecule has 1 aromatic carbocycles. The van der Waals surface area contributed by atoms with E-state index in [4.69, 9.17) is 0 Å². The van der Waals surface area contributed by atoms with Gasteiger partial charge in [-0.1, -0.05) is 0 Å². The second-order valence-electron chi connectivity index (χ2n) is 4.88. The lowest BCUT2D eigenvalue weighted by Crippen LogP contribution is -2.33. The van der Waals surface area contributed by atoms with Crippen LogP contribution in [-0.4, -0.2) is 31.6 Å². The summed E-state index contributed by atoms with van der Waals surface area (Å²) in [7, 11) is 2.06. The molecule has 0 saturated carbocycles. The van der Waals surface area contributed by atoms with Crippen LogP contribution in [0.15, 0.2) is 12.1 Å². The maximum atomic E-state index is 13.4. The maximum absolute atomic E-state index is 13.4. The predicted octanol–water partition coefficient (Wildman–Crippen LogP) is 2.86. The minimum absolute atomic E-state index is 0.0913. The van der Waals surface area contributed by atoms with Crippen molar-refractivity contribution in [1.82, 2.24) is 4.90 Å². The smallest absolute Gasteiger partial charge is 0.182 e. The molecule has 1 aliphatic rings. The third-order valence-electron chi connectivity index (χ3n) is 3.41. The third-order valence-corrected chi connectivity index (χ3v) is 3.41. The lowest BCUT2D eigenvalue weighted by Gasteiger charge is -2.29. The largest absolute Gasteiger partial charge is 0.382 e. The molecule has 0 amide bonds. The molecule has 0 spiro atoms. The van der Waals surface area contributed by atoms with E-state index in [0.717, 1.165) is 32.0 Å². The van der Waals surface area contributed by atoms with Crippen LogP contribution in [0, 0.1) is 23.4 Å². The Morgan fingerprint density at radius 3 is 2.56 bits per heavy atom. The van der Waals surface area contributed by atoms with Gasteiger partial charge in [-0.2, -0.15) is 0 Å². The minimum Gasteiger partial charge on any atom is -0.382 e. The molecule has 0 unspecified atom stereocenters. The number of likely N-dealkylation sites (tertiary alicyclic amines) is 1. The van der Waals surface area contributed by atoms with Crippen LogP contribution < -0.4 is 5.32 Å². The second-order valence-corrected chi connectivity index (χ2v) is 4.88. The van der Waals surface area contributed by atoms with Crippen molar-refractivity contribution in [2.75, 3.05) is 32.0 Å². The number of anilines is 1. The summed E-state index contributed by atoms with van der Waals surface area (Å²) >= 11 is 0. The van der Waals surface area contributed by atoms with Crippen molar-refractivity contribution in [2.24, 2.45) is 5.92 Å². The number of nitrogens with one attached hydrogen (secondary N) is 1. The molecule has 1 fully saturated rings. The molecule has 100 valence electrons. The first-order chi connectivity index (χ1) is 8.56. The first-order valence-electron chi connectivity index (χ1n) is 6.13. The summed E-state index contributed by atoms with van der Waals surface area (Å²) in [4.78, 5) is 2.24. The molecule has 18 heavy (non-hydrogen) atoms. The van der Waals surface area contributed by atoms with Crippen LogP contribution in [0.25, 0.3) is 0 Å². The van der Waals surface area contributed by atoms with Gasteiger partial charge in [0.2, 0.25) is 0 Å². The highest BCUT2D eigenvalue weighted by Crippen LogP contribution is 2.21. The van der Waals surface area contributed by atoms with Gasteiger partial charge in [-0.3, -0.25) is 0 Å². The maximum Gasteiger partial charge on any atom is 0.182 e. The van der Waals surface area contributed by atoms with E-state index in [1.165, 1.54) is 0 Å². The standard InChI is InChI=1S/C13H17F3N2/c1-18-4-2-9(3-5-18)8-17-12-7-10(14)6-11(15)13(12)16/h6-7,9,17H,2-5,8H2,1H3. The lowest BCUT2D eigenvalue weighted by molar-refractivity contribution is 0.226. The van der Waals surface area contributed by atoms with Crippen LogP contribution in [0.1, 0.15) is 12.8 Å². The molecule has 1 saturated heterocycles. The Balaban J connectivity index is 1.94. The summed E-state index contributed by atoms with van der Waals surface area (Å²) in [5.74, 6) is -2.50. The zero-order chi connectivity index (χ0) is 13.1. The van der Waals surface area contributed by atoms with Crippen molar-refractivity contribution >= 4 is 5.69 Å². The number of benzene rings is 1. The number of hydrogen-bond acceptors (Lipinski definition) is 2. The van der Waals surface area contributed by atoms with E-state index in [1.54, 1.807) is 0 Å². The molecular weight excluding hydrogens is 241 g/mol. The monoisotopic (exact) mass is 258 g/mol. The summed E-state index contributed by atoms with van der Waals surface area (Å²) in [6.45, 7) is 2.56. The average Bonchev–Trinajstić information content (AvgIpc) is 2.34. The predicted molar refractivity (Wildman–Crippen MR) is 65.0 cm³/mol. The number of nitrogens with zero attached hydrogens (tertiary/aromatic N) is 1. The molecule has 2 rings (SSSR count). The van der Waals surface area contributed by atoms with Gasteiger partial charge in [-0.25, -0.2) is 13.2 Å². The summed E-state index contributed by atoms with van der Waals surface area (Å²) in [6.07, 6.45) is 2.03. The van der Waals surface area contributed by atoms with Crippen LogP contribution in [0.2, 0.25) is 0 Å². The van der Waals surface area contributed by atoms with Crippen molar-refractivity contribution in [1.29, 1.82) is 0 Å². The Morgan fingerprint density at radius 1 is 1.22 bits per heavy atom. The van der Waals surface area contributed by atoms with E-state index >= 15 is 0 Å². The Bertz CT molecular complexity index is 415. The zero-order valence-corrected chi connectivity index (χ0v) is 10.3. The van der Waals surface area contributed by atoms with Gasteiger partial charge in [0.05, 0.1) is 5.69 Å². The van der Waals surface area contributed by atoms with Crippen LogP contribution in [0.5, 0.6) is 0 Å². The number of hydrogen-bond donors (Lipinski definition) is 1. The van der Waals surface area contributed by atoms with Gasteiger partial charge >= 0.3 is 0 Å². The minimum atomic E-state index is -1.15. The lowest BCUT2D eigenvalue weighted by atomic mass is 9.97. The first-order valence-corrected chi connectivity index (χ1v) is 6.13. The van der Waals surface area contributed by atoms with Gasteiger partial charge in [0.25, 0.3) is 0 Å². The Morgan fingerprint density at radius 2 is 1.89 bits per heavy atom. The average molecular weight is 258 g/mol. The van der Waals surface area contributed by atoms with Gasteiger partial charge in [0.15, 0.2) is 11.6 Å². The highest BCUT2D eigenvalue weighted by atomic mass is 19.2. The Kier molecular flexibility index (Phi) is 4.11. The number of halogens is 3. The topological polar surface area (TPSA) is 15.3 Å². The van der Waals surface area contributed by atoms with Crippen LogP contribution >= 0.6 is 0 Å². The quantitative estimate of drug-likeness (QED) is 0.839. The van der Waals surface area contributed by atoms with Gasteiger partial charge in [-0.15, -0.1) is 0 Å². The molecule has 0 aliphatic carbocycles. The van der Waals surface area contributed by atoms with Crippen molar-refractivity contribution in [2.45, 2.75) is 12.8 Å². The summed E-state index contributed by atoms with van der Waals surface area (Å²) in [5.41, 5.74) is -0.0913. The molecule has 0 bridgehead atoms. The second kappa shape index (κ2) is 5.61. The first kappa shape index (κ1) is 13.2. The van der Waals surface area contributed by atoms with E-state index in [9.17, 15) is 13.2 Å². The van der Waals surface area contributed by atoms with E-state index in [1.807, 2.05) is 0 Å². The molecule has 0 radical (unpaired) electrons. The molecule has 0 atom stereocenters. The molecular formula is C13H17F3N2. The van der Waals surface area contributed by atoms with Crippen molar-refractivity contribution < 1.29 is 13.2 Å². The van der Waals surface area contributed by atoms with E-state index in [0.29, 0.717) is 18.5 Å². The molecule has 2 nitrogen and oxygen atoms in total. The summed E-state index contributed by atoms with van der Waals surface area (Å²) < 4.78 is 39.4.